The molecule has 0 bridgehead atoms. The maximum atomic E-state index is 11.9. The smallest absolute Gasteiger partial charge is 0.331 e. The number of hydroxylamine groups is 2. The normalized spacial score (nSPS) is 17.4. The molecular formula is C29H36N2O5. The van der Waals surface area contributed by atoms with Gasteiger partial charge >= 0.3 is 5.97 Å². The zero-order valence-electron chi connectivity index (χ0n) is 21.4. The van der Waals surface area contributed by atoms with Gasteiger partial charge in [0.2, 0.25) is 0 Å². The van der Waals surface area contributed by atoms with Gasteiger partial charge in [0.15, 0.2) is 0 Å². The Labute approximate surface area is 213 Å². The van der Waals surface area contributed by atoms with E-state index in [0.717, 1.165) is 53.1 Å². The van der Waals surface area contributed by atoms with E-state index in [9.17, 15) is 9.90 Å². The fourth-order valence-electron chi connectivity index (χ4n) is 4.49. The summed E-state index contributed by atoms with van der Waals surface area (Å²) in [6.07, 6.45) is 6.49. The largest absolute Gasteiger partial charge is 0.491 e. The molecule has 0 saturated heterocycles. The number of carboxylic acid groups (broad SMARTS) is 1. The van der Waals surface area contributed by atoms with Gasteiger partial charge in [-0.15, -0.1) is 0 Å². The summed E-state index contributed by atoms with van der Waals surface area (Å²) in [5, 5.41) is 11.5. The first kappa shape index (κ1) is 25.8. The summed E-state index contributed by atoms with van der Waals surface area (Å²) >= 11 is 0. The Morgan fingerprint density at radius 3 is 2.58 bits per heavy atom. The highest BCUT2D eigenvalue weighted by Crippen LogP contribution is 2.34. The highest BCUT2D eigenvalue weighted by atomic mass is 16.7. The van der Waals surface area contributed by atoms with Gasteiger partial charge in [-0.05, 0) is 72.4 Å². The SMILES string of the molecule is CCCCOCCOc1ccc(-c2ccc3c(c2)C=C(C(=O)O)CCN3CC2=CN(C)OC2C)cc1. The van der Waals surface area contributed by atoms with E-state index in [1.807, 2.05) is 50.5 Å². The van der Waals surface area contributed by atoms with Crippen molar-refractivity contribution < 1.29 is 24.2 Å². The maximum Gasteiger partial charge on any atom is 0.331 e. The molecule has 0 saturated carbocycles. The highest BCUT2D eigenvalue weighted by molar-refractivity contribution is 5.94. The summed E-state index contributed by atoms with van der Waals surface area (Å²) in [6.45, 7) is 7.37. The molecule has 0 aromatic heterocycles. The van der Waals surface area contributed by atoms with Crippen LogP contribution >= 0.6 is 0 Å². The van der Waals surface area contributed by atoms with E-state index in [4.69, 9.17) is 14.3 Å². The minimum absolute atomic E-state index is 0.00323. The third kappa shape index (κ3) is 6.47. The van der Waals surface area contributed by atoms with Gasteiger partial charge in [-0.2, -0.15) is 0 Å². The number of carboxylic acids is 1. The highest BCUT2D eigenvalue weighted by Gasteiger charge is 2.25. The average molecular weight is 493 g/mol. The van der Waals surface area contributed by atoms with Gasteiger partial charge < -0.3 is 19.5 Å². The van der Waals surface area contributed by atoms with Crippen molar-refractivity contribution in [3.8, 4) is 16.9 Å². The Morgan fingerprint density at radius 1 is 1.11 bits per heavy atom. The van der Waals surface area contributed by atoms with Crippen molar-refractivity contribution >= 4 is 17.7 Å². The van der Waals surface area contributed by atoms with Crippen LogP contribution in [0.4, 0.5) is 5.69 Å². The molecule has 2 aromatic carbocycles. The monoisotopic (exact) mass is 492 g/mol. The van der Waals surface area contributed by atoms with Crippen molar-refractivity contribution in [1.29, 1.82) is 0 Å². The van der Waals surface area contributed by atoms with E-state index in [0.29, 0.717) is 38.3 Å². The van der Waals surface area contributed by atoms with Crippen molar-refractivity contribution in [2.45, 2.75) is 39.2 Å². The van der Waals surface area contributed by atoms with Crippen molar-refractivity contribution in [3.63, 3.8) is 0 Å². The van der Waals surface area contributed by atoms with Crippen molar-refractivity contribution in [2.75, 3.05) is 44.9 Å². The molecule has 0 radical (unpaired) electrons. The second-order valence-corrected chi connectivity index (χ2v) is 9.26. The molecule has 192 valence electrons. The molecule has 36 heavy (non-hydrogen) atoms. The van der Waals surface area contributed by atoms with Crippen LogP contribution in [-0.4, -0.2) is 62.2 Å². The summed E-state index contributed by atoms with van der Waals surface area (Å²) in [5.74, 6) is -0.0668. The standard InChI is InChI=1S/C29H36N2O5/c1-4-5-14-34-15-16-35-27-9-6-22(7-10-27)23-8-11-28-25(17-23)18-24(29(32)33)12-13-31(28)20-26-19-30(3)36-21(26)2/h6-11,17-19,21H,4-5,12-16,20H2,1-3H3,(H,32,33). The number of ether oxygens (including phenoxy) is 2. The topological polar surface area (TPSA) is 71.5 Å². The number of carbonyl (C=O) groups is 1. The molecule has 1 N–H and O–H groups in total. The van der Waals surface area contributed by atoms with Crippen LogP contribution in [0.3, 0.4) is 0 Å². The molecule has 1 unspecified atom stereocenters. The number of rotatable bonds is 11. The van der Waals surface area contributed by atoms with Crippen LogP contribution < -0.4 is 9.64 Å². The van der Waals surface area contributed by atoms with E-state index in [-0.39, 0.29) is 6.10 Å². The molecular weight excluding hydrogens is 456 g/mol. The van der Waals surface area contributed by atoms with Crippen molar-refractivity contribution in [1.82, 2.24) is 5.06 Å². The minimum Gasteiger partial charge on any atom is -0.491 e. The number of unbranched alkanes of at least 4 members (excludes halogenated alkanes) is 1. The summed E-state index contributed by atoms with van der Waals surface area (Å²) < 4.78 is 11.3. The van der Waals surface area contributed by atoms with Crippen LogP contribution in [0.25, 0.3) is 17.2 Å². The Kier molecular flexibility index (Phi) is 8.67. The summed E-state index contributed by atoms with van der Waals surface area (Å²) in [6, 6.07) is 14.2. The number of fused-ring (bicyclic) bond motifs is 1. The molecule has 7 nitrogen and oxygen atoms in total. The van der Waals surface area contributed by atoms with Crippen molar-refractivity contribution in [3.05, 3.63) is 65.4 Å². The number of anilines is 1. The summed E-state index contributed by atoms with van der Waals surface area (Å²) in [5.41, 5.74) is 5.60. The average Bonchev–Trinajstić information content (AvgIpc) is 3.07. The van der Waals surface area contributed by atoms with Gasteiger partial charge in [-0.25, -0.2) is 4.79 Å². The molecule has 2 heterocycles. The third-order valence-corrected chi connectivity index (χ3v) is 6.52. The lowest BCUT2D eigenvalue weighted by Crippen LogP contribution is -2.29. The van der Waals surface area contributed by atoms with Crippen LogP contribution in [0.15, 0.2) is 59.8 Å². The van der Waals surface area contributed by atoms with E-state index in [1.165, 1.54) is 0 Å². The quantitative estimate of drug-likeness (QED) is 0.423. The number of hydrogen-bond acceptors (Lipinski definition) is 6. The predicted octanol–water partition coefficient (Wildman–Crippen LogP) is 5.38. The second kappa shape index (κ2) is 12.1. The Bertz CT molecular complexity index is 1110. The maximum absolute atomic E-state index is 11.9. The van der Waals surface area contributed by atoms with Crippen LogP contribution in [0.1, 0.15) is 38.7 Å². The van der Waals surface area contributed by atoms with Crippen LogP contribution in [0, 0.1) is 0 Å². The van der Waals surface area contributed by atoms with Crippen LogP contribution in [0.2, 0.25) is 0 Å². The van der Waals surface area contributed by atoms with E-state index in [2.05, 4.69) is 30.0 Å². The lowest BCUT2D eigenvalue weighted by molar-refractivity contribution is -0.132. The molecule has 0 spiro atoms. The minimum atomic E-state index is -0.870. The fourth-order valence-corrected chi connectivity index (χ4v) is 4.49. The molecule has 7 heteroatoms. The van der Waals surface area contributed by atoms with Crippen LogP contribution in [0.5, 0.6) is 5.75 Å². The summed E-state index contributed by atoms with van der Waals surface area (Å²) in [7, 11) is 1.88. The first-order valence-corrected chi connectivity index (χ1v) is 12.7. The second-order valence-electron chi connectivity index (χ2n) is 9.26. The Balaban J connectivity index is 1.50. The van der Waals surface area contributed by atoms with Gasteiger partial charge in [0.1, 0.15) is 18.5 Å². The molecule has 2 aliphatic rings. The molecule has 0 amide bonds. The molecule has 2 aliphatic heterocycles. The number of nitrogens with zero attached hydrogens (tertiary/aromatic N) is 2. The number of hydrogen-bond donors (Lipinski definition) is 1. The fraction of sp³-hybridized carbons (Fsp3) is 0.414. The van der Waals surface area contributed by atoms with Crippen molar-refractivity contribution in [2.24, 2.45) is 0 Å². The number of benzene rings is 2. The van der Waals surface area contributed by atoms with Gasteiger partial charge in [0, 0.05) is 44.2 Å². The molecule has 0 fully saturated rings. The van der Waals surface area contributed by atoms with Gasteiger partial charge in [-0.1, -0.05) is 31.5 Å². The van der Waals surface area contributed by atoms with Gasteiger partial charge in [0.25, 0.3) is 0 Å². The zero-order chi connectivity index (χ0) is 25.5. The molecule has 0 aliphatic carbocycles. The Hall–Kier alpha value is -3.29. The van der Waals surface area contributed by atoms with Crippen LogP contribution in [-0.2, 0) is 14.4 Å². The summed E-state index contributed by atoms with van der Waals surface area (Å²) in [4.78, 5) is 19.8. The van der Waals surface area contributed by atoms with E-state index < -0.39 is 5.97 Å². The van der Waals surface area contributed by atoms with Gasteiger partial charge in [-0.3, -0.25) is 9.90 Å². The first-order valence-electron chi connectivity index (χ1n) is 12.7. The van der Waals surface area contributed by atoms with E-state index in [1.54, 1.807) is 5.06 Å². The van der Waals surface area contributed by atoms with Gasteiger partial charge in [0.05, 0.1) is 6.61 Å². The third-order valence-electron chi connectivity index (χ3n) is 6.52. The lowest BCUT2D eigenvalue weighted by Gasteiger charge is -2.26. The Morgan fingerprint density at radius 2 is 1.89 bits per heavy atom. The predicted molar refractivity (Wildman–Crippen MR) is 142 cm³/mol. The molecule has 2 aromatic rings. The zero-order valence-corrected chi connectivity index (χ0v) is 21.4. The van der Waals surface area contributed by atoms with E-state index >= 15 is 0 Å². The number of aliphatic carboxylic acids is 1. The molecule has 4 rings (SSSR count). The first-order chi connectivity index (χ1) is 17.4. The lowest BCUT2D eigenvalue weighted by atomic mass is 10.00. The molecule has 1 atom stereocenters.